The molecule has 0 bridgehead atoms. The molecule has 1 atom stereocenters. The van der Waals surface area contributed by atoms with Gasteiger partial charge in [0, 0.05) is 18.8 Å². The number of aryl methyl sites for hydroxylation is 1. The van der Waals surface area contributed by atoms with Crippen LogP contribution in [0.3, 0.4) is 0 Å². The molecule has 1 unspecified atom stereocenters. The van der Waals surface area contributed by atoms with Crippen LogP contribution >= 0.6 is 11.3 Å². The molecule has 1 aliphatic heterocycles. The Hall–Kier alpha value is -3.10. The lowest BCUT2D eigenvalue weighted by Gasteiger charge is -2.23. The maximum atomic E-state index is 13.5. The molecule has 30 heavy (non-hydrogen) atoms. The SMILES string of the molecule is Cc1ccc(S(=O)(=O)N2N=C(c3cccs3)CC2c2ccc3nccnc3c2)cc1. The van der Waals surface area contributed by atoms with Crippen molar-refractivity contribution in [2.45, 2.75) is 24.3 Å². The van der Waals surface area contributed by atoms with E-state index < -0.39 is 16.1 Å². The van der Waals surface area contributed by atoms with Crippen LogP contribution in [0.2, 0.25) is 0 Å². The van der Waals surface area contributed by atoms with Crippen molar-refractivity contribution in [3.63, 3.8) is 0 Å². The Bertz CT molecular complexity index is 1350. The van der Waals surface area contributed by atoms with Crippen molar-refractivity contribution in [2.75, 3.05) is 0 Å². The van der Waals surface area contributed by atoms with E-state index in [1.54, 1.807) is 48.0 Å². The van der Waals surface area contributed by atoms with Crippen molar-refractivity contribution in [2.24, 2.45) is 5.10 Å². The molecule has 0 aliphatic carbocycles. The van der Waals surface area contributed by atoms with Crippen molar-refractivity contribution in [1.82, 2.24) is 14.4 Å². The molecule has 0 spiro atoms. The zero-order valence-electron chi connectivity index (χ0n) is 16.1. The van der Waals surface area contributed by atoms with E-state index in [4.69, 9.17) is 0 Å². The van der Waals surface area contributed by atoms with Crippen molar-refractivity contribution < 1.29 is 8.42 Å². The molecular weight excluding hydrogens is 416 g/mol. The molecular formula is C22H18N4O2S2. The molecule has 1 aliphatic rings. The third-order valence-electron chi connectivity index (χ3n) is 5.12. The van der Waals surface area contributed by atoms with Gasteiger partial charge in [-0.25, -0.2) is 0 Å². The van der Waals surface area contributed by atoms with Gasteiger partial charge in [-0.1, -0.05) is 29.8 Å². The second kappa shape index (κ2) is 7.30. The van der Waals surface area contributed by atoms with Gasteiger partial charge < -0.3 is 0 Å². The highest BCUT2D eigenvalue weighted by Gasteiger charge is 2.38. The first-order chi connectivity index (χ1) is 14.5. The highest BCUT2D eigenvalue weighted by atomic mass is 32.2. The molecule has 0 fully saturated rings. The summed E-state index contributed by atoms with van der Waals surface area (Å²) in [7, 11) is -3.82. The van der Waals surface area contributed by atoms with Gasteiger partial charge >= 0.3 is 0 Å². The number of nitrogens with zero attached hydrogens (tertiary/aromatic N) is 4. The van der Waals surface area contributed by atoms with Gasteiger partial charge in [0.2, 0.25) is 0 Å². The van der Waals surface area contributed by atoms with E-state index in [0.717, 1.165) is 32.7 Å². The molecule has 5 rings (SSSR count). The lowest BCUT2D eigenvalue weighted by molar-refractivity contribution is 0.371. The number of rotatable bonds is 4. The molecule has 4 aromatic rings. The molecule has 6 nitrogen and oxygen atoms in total. The summed E-state index contributed by atoms with van der Waals surface area (Å²) in [6.45, 7) is 1.93. The molecule has 150 valence electrons. The van der Waals surface area contributed by atoms with Gasteiger partial charge in [-0.15, -0.1) is 11.3 Å². The van der Waals surface area contributed by atoms with Gasteiger partial charge in [0.15, 0.2) is 0 Å². The highest BCUT2D eigenvalue weighted by Crippen LogP contribution is 2.38. The second-order valence-electron chi connectivity index (χ2n) is 7.14. The van der Waals surface area contributed by atoms with Crippen molar-refractivity contribution in [3.05, 3.63) is 88.4 Å². The van der Waals surface area contributed by atoms with E-state index in [1.165, 1.54) is 4.41 Å². The van der Waals surface area contributed by atoms with E-state index in [0.29, 0.717) is 6.42 Å². The van der Waals surface area contributed by atoms with Gasteiger partial charge in [0.25, 0.3) is 10.0 Å². The number of thiophene rings is 1. The fourth-order valence-electron chi connectivity index (χ4n) is 3.56. The van der Waals surface area contributed by atoms with Crippen molar-refractivity contribution in [1.29, 1.82) is 0 Å². The minimum atomic E-state index is -3.82. The van der Waals surface area contributed by atoms with Crippen molar-refractivity contribution in [3.8, 4) is 0 Å². The van der Waals surface area contributed by atoms with Crippen LogP contribution in [-0.2, 0) is 10.0 Å². The summed E-state index contributed by atoms with van der Waals surface area (Å²) in [6, 6.07) is 16.0. The molecule has 0 N–H and O–H groups in total. The number of aromatic nitrogens is 2. The predicted molar refractivity (Wildman–Crippen MR) is 118 cm³/mol. The van der Waals surface area contributed by atoms with E-state index >= 15 is 0 Å². The quantitative estimate of drug-likeness (QED) is 0.473. The maximum absolute atomic E-state index is 13.5. The van der Waals surface area contributed by atoms with Gasteiger partial charge in [-0.2, -0.15) is 17.9 Å². The summed E-state index contributed by atoms with van der Waals surface area (Å²) in [5.74, 6) is 0. The van der Waals surface area contributed by atoms with Crippen molar-refractivity contribution >= 4 is 38.1 Å². The Morgan fingerprint density at radius 3 is 2.50 bits per heavy atom. The Balaban J connectivity index is 1.62. The number of benzene rings is 2. The first-order valence-corrected chi connectivity index (χ1v) is 11.8. The summed E-state index contributed by atoms with van der Waals surface area (Å²) in [4.78, 5) is 9.88. The normalized spacial score (nSPS) is 16.8. The lowest BCUT2D eigenvalue weighted by atomic mass is 10.0. The standard InChI is InChI=1S/C22H18N4O2S2/c1-15-4-7-17(8-5-15)30(27,28)26-21(14-20(25-26)22-3-2-12-29-22)16-6-9-18-19(13-16)24-11-10-23-18/h2-13,21H,14H2,1H3. The Morgan fingerprint density at radius 2 is 1.77 bits per heavy atom. The summed E-state index contributed by atoms with van der Waals surface area (Å²) in [5, 5.41) is 6.54. The van der Waals surface area contributed by atoms with Gasteiger partial charge in [0.05, 0.1) is 32.6 Å². The van der Waals surface area contributed by atoms with Crippen LogP contribution in [0, 0.1) is 6.92 Å². The van der Waals surface area contributed by atoms with Crippen LogP contribution in [0.1, 0.15) is 28.5 Å². The first kappa shape index (κ1) is 18.9. The topological polar surface area (TPSA) is 75.5 Å². The first-order valence-electron chi connectivity index (χ1n) is 9.45. The molecule has 3 heterocycles. The Labute approximate surface area is 178 Å². The Morgan fingerprint density at radius 1 is 1.00 bits per heavy atom. The van der Waals surface area contributed by atoms with E-state index in [1.807, 2.05) is 42.6 Å². The average Bonchev–Trinajstić information content (AvgIpc) is 3.44. The summed E-state index contributed by atoms with van der Waals surface area (Å²) < 4.78 is 28.3. The zero-order chi connectivity index (χ0) is 20.7. The smallest absolute Gasteiger partial charge is 0.253 e. The van der Waals surface area contributed by atoms with Crippen LogP contribution in [0.15, 0.2) is 82.4 Å². The average molecular weight is 435 g/mol. The van der Waals surface area contributed by atoms with E-state index in [9.17, 15) is 8.42 Å². The monoisotopic (exact) mass is 434 g/mol. The zero-order valence-corrected chi connectivity index (χ0v) is 17.8. The molecule has 0 saturated carbocycles. The van der Waals surface area contributed by atoms with Crippen LogP contribution in [0.4, 0.5) is 0 Å². The third-order valence-corrected chi connectivity index (χ3v) is 7.74. The number of hydrazone groups is 1. The van der Waals surface area contributed by atoms with Crippen LogP contribution in [0.25, 0.3) is 11.0 Å². The lowest BCUT2D eigenvalue weighted by Crippen LogP contribution is -2.27. The molecule has 0 amide bonds. The third kappa shape index (κ3) is 3.28. The van der Waals surface area contributed by atoms with E-state index in [2.05, 4.69) is 15.1 Å². The predicted octanol–water partition coefficient (Wildman–Crippen LogP) is 4.54. The number of hydrogen-bond acceptors (Lipinski definition) is 6. The minimum Gasteiger partial charge on any atom is -0.253 e. The summed E-state index contributed by atoms with van der Waals surface area (Å²) >= 11 is 1.56. The molecule has 8 heteroatoms. The number of fused-ring (bicyclic) bond motifs is 1. The Kier molecular flexibility index (Phi) is 4.60. The molecule has 0 radical (unpaired) electrons. The van der Waals surface area contributed by atoms with E-state index in [-0.39, 0.29) is 4.90 Å². The fraction of sp³-hybridized carbons (Fsp3) is 0.136. The molecule has 0 saturated heterocycles. The largest absolute Gasteiger partial charge is 0.279 e. The number of hydrogen-bond donors (Lipinski definition) is 0. The fourth-order valence-corrected chi connectivity index (χ4v) is 5.71. The maximum Gasteiger partial charge on any atom is 0.279 e. The van der Waals surface area contributed by atoms with Gasteiger partial charge in [-0.3, -0.25) is 9.97 Å². The number of sulfonamides is 1. The second-order valence-corrected chi connectivity index (χ2v) is 9.88. The molecule has 2 aromatic heterocycles. The molecule has 2 aromatic carbocycles. The van der Waals surface area contributed by atoms with Gasteiger partial charge in [-0.05, 0) is 48.2 Å². The summed E-state index contributed by atoms with van der Waals surface area (Å²) in [5.41, 5.74) is 4.11. The van der Waals surface area contributed by atoms with Crippen LogP contribution in [-0.4, -0.2) is 28.5 Å². The van der Waals surface area contributed by atoms with Gasteiger partial charge in [0.1, 0.15) is 0 Å². The van der Waals surface area contributed by atoms with Crippen LogP contribution < -0.4 is 0 Å². The minimum absolute atomic E-state index is 0.231. The summed E-state index contributed by atoms with van der Waals surface area (Å²) in [6.07, 6.45) is 3.77. The highest BCUT2D eigenvalue weighted by molar-refractivity contribution is 7.89. The van der Waals surface area contributed by atoms with Crippen LogP contribution in [0.5, 0.6) is 0 Å².